The number of aromatic nitrogens is 2. The largest absolute Gasteiger partial charge is 0.508 e. The van der Waals surface area contributed by atoms with E-state index in [2.05, 4.69) is 20.5 Å². The number of hydrogen-bond donors (Lipinski definition) is 2. The molecule has 0 saturated heterocycles. The first-order chi connectivity index (χ1) is 13.8. The van der Waals surface area contributed by atoms with E-state index in [-0.39, 0.29) is 5.75 Å². The minimum atomic E-state index is 0.219. The molecular weight excluding hydrogens is 348 g/mol. The average molecular weight is 366 g/mol. The second-order valence-corrected chi connectivity index (χ2v) is 6.16. The maximum Gasteiger partial charge on any atom is 0.244 e. The van der Waals surface area contributed by atoms with Crippen molar-refractivity contribution in [2.24, 2.45) is 5.10 Å². The van der Waals surface area contributed by atoms with Gasteiger partial charge in [0.25, 0.3) is 0 Å². The summed E-state index contributed by atoms with van der Waals surface area (Å²) < 4.78 is 0. The van der Waals surface area contributed by atoms with Crippen molar-refractivity contribution in [3.05, 3.63) is 96.6 Å². The van der Waals surface area contributed by atoms with Gasteiger partial charge in [0, 0.05) is 11.1 Å². The summed E-state index contributed by atoms with van der Waals surface area (Å²) in [5.41, 5.74) is 7.41. The highest BCUT2D eigenvalue weighted by Gasteiger charge is 2.08. The molecule has 0 aliphatic rings. The van der Waals surface area contributed by atoms with E-state index >= 15 is 0 Å². The van der Waals surface area contributed by atoms with Crippen LogP contribution in [0.3, 0.4) is 0 Å². The van der Waals surface area contributed by atoms with Crippen molar-refractivity contribution in [3.8, 4) is 28.3 Å². The van der Waals surface area contributed by atoms with Gasteiger partial charge < -0.3 is 5.11 Å². The lowest BCUT2D eigenvalue weighted by Crippen LogP contribution is -2.00. The Kier molecular flexibility index (Phi) is 5.06. The number of rotatable bonds is 5. The number of benzene rings is 3. The predicted octanol–water partition coefficient (Wildman–Crippen LogP) is 4.96. The first-order valence-corrected chi connectivity index (χ1v) is 8.86. The van der Waals surface area contributed by atoms with E-state index in [0.717, 1.165) is 28.1 Å². The summed E-state index contributed by atoms with van der Waals surface area (Å²) in [6.45, 7) is 0. The SMILES string of the molecule is Oc1ccc(/C=N/Nc2nc(-c3ccccc3)cc(-c3ccccc3)n2)cc1. The molecule has 0 atom stereocenters. The molecular formula is C23H18N4O. The quantitative estimate of drug-likeness (QED) is 0.387. The second-order valence-electron chi connectivity index (χ2n) is 6.16. The van der Waals surface area contributed by atoms with Gasteiger partial charge in [-0.1, -0.05) is 60.7 Å². The van der Waals surface area contributed by atoms with E-state index in [1.54, 1.807) is 30.5 Å². The smallest absolute Gasteiger partial charge is 0.244 e. The number of hydrogen-bond acceptors (Lipinski definition) is 5. The molecule has 0 unspecified atom stereocenters. The minimum Gasteiger partial charge on any atom is -0.508 e. The first kappa shape index (κ1) is 17.4. The van der Waals surface area contributed by atoms with Crippen LogP contribution < -0.4 is 5.43 Å². The van der Waals surface area contributed by atoms with Crippen molar-refractivity contribution in [2.75, 3.05) is 5.43 Å². The molecule has 5 heteroatoms. The van der Waals surface area contributed by atoms with E-state index in [4.69, 9.17) is 0 Å². The zero-order chi connectivity index (χ0) is 19.2. The molecule has 1 heterocycles. The van der Waals surface area contributed by atoms with Crippen molar-refractivity contribution < 1.29 is 5.11 Å². The summed E-state index contributed by atoms with van der Waals surface area (Å²) in [4.78, 5) is 9.20. The van der Waals surface area contributed by atoms with Crippen LogP contribution in [0.25, 0.3) is 22.5 Å². The summed E-state index contributed by atoms with van der Waals surface area (Å²) in [7, 11) is 0. The third kappa shape index (κ3) is 4.22. The Morgan fingerprint density at radius 1 is 0.714 bits per heavy atom. The summed E-state index contributed by atoms with van der Waals surface area (Å²) >= 11 is 0. The molecule has 0 fully saturated rings. The monoisotopic (exact) mass is 366 g/mol. The maximum atomic E-state index is 9.36. The van der Waals surface area contributed by atoms with Crippen molar-refractivity contribution in [1.82, 2.24) is 9.97 Å². The maximum absolute atomic E-state index is 9.36. The van der Waals surface area contributed by atoms with Crippen LogP contribution in [-0.4, -0.2) is 21.3 Å². The molecule has 0 spiro atoms. The number of phenolic OH excluding ortho intramolecular Hbond substituents is 1. The summed E-state index contributed by atoms with van der Waals surface area (Å²) in [5.74, 6) is 0.631. The van der Waals surface area contributed by atoms with Gasteiger partial charge in [-0.2, -0.15) is 5.10 Å². The molecule has 0 saturated carbocycles. The number of aromatic hydroxyl groups is 1. The lowest BCUT2D eigenvalue weighted by molar-refractivity contribution is 0.475. The second kappa shape index (κ2) is 8.14. The molecule has 4 aromatic rings. The molecule has 1 aromatic heterocycles. The van der Waals surface area contributed by atoms with Crippen LogP contribution in [-0.2, 0) is 0 Å². The average Bonchev–Trinajstić information content (AvgIpc) is 2.76. The zero-order valence-corrected chi connectivity index (χ0v) is 15.0. The van der Waals surface area contributed by atoms with Crippen LogP contribution >= 0.6 is 0 Å². The Morgan fingerprint density at radius 3 is 1.79 bits per heavy atom. The lowest BCUT2D eigenvalue weighted by Gasteiger charge is -2.08. The topological polar surface area (TPSA) is 70.4 Å². The third-order valence-corrected chi connectivity index (χ3v) is 4.14. The van der Waals surface area contributed by atoms with Gasteiger partial charge in [0.05, 0.1) is 17.6 Å². The summed E-state index contributed by atoms with van der Waals surface area (Å²) in [5, 5.41) is 13.6. The molecule has 5 nitrogen and oxygen atoms in total. The van der Waals surface area contributed by atoms with Gasteiger partial charge in [-0.05, 0) is 35.9 Å². The fraction of sp³-hybridized carbons (Fsp3) is 0. The highest BCUT2D eigenvalue weighted by atomic mass is 16.3. The van der Waals surface area contributed by atoms with Crippen LogP contribution in [0.5, 0.6) is 5.75 Å². The molecule has 0 aliphatic heterocycles. The standard InChI is InChI=1S/C23H18N4O/c28-20-13-11-17(12-14-20)16-24-27-23-25-21(18-7-3-1-4-8-18)15-22(26-23)19-9-5-2-6-10-19/h1-16,28H,(H,25,26,27)/b24-16+. The molecule has 0 aliphatic carbocycles. The fourth-order valence-electron chi connectivity index (χ4n) is 2.74. The predicted molar refractivity (Wildman–Crippen MR) is 112 cm³/mol. The minimum absolute atomic E-state index is 0.219. The number of nitrogens with one attached hydrogen (secondary N) is 1. The number of anilines is 1. The fourth-order valence-corrected chi connectivity index (χ4v) is 2.74. The number of phenols is 1. The third-order valence-electron chi connectivity index (χ3n) is 4.14. The van der Waals surface area contributed by atoms with Crippen molar-refractivity contribution in [2.45, 2.75) is 0 Å². The summed E-state index contributed by atoms with van der Waals surface area (Å²) in [6, 6.07) is 28.7. The van der Waals surface area contributed by atoms with Crippen molar-refractivity contribution >= 4 is 12.2 Å². The summed E-state index contributed by atoms with van der Waals surface area (Å²) in [6.07, 6.45) is 1.65. The highest BCUT2D eigenvalue weighted by molar-refractivity contribution is 5.80. The molecule has 4 rings (SSSR count). The van der Waals surface area contributed by atoms with Crippen LogP contribution in [0, 0.1) is 0 Å². The Morgan fingerprint density at radius 2 is 1.25 bits per heavy atom. The van der Waals surface area contributed by atoms with Crippen LogP contribution in [0.2, 0.25) is 0 Å². The van der Waals surface area contributed by atoms with Crippen LogP contribution in [0.1, 0.15) is 5.56 Å². The molecule has 28 heavy (non-hydrogen) atoms. The highest BCUT2D eigenvalue weighted by Crippen LogP contribution is 2.25. The normalized spacial score (nSPS) is 10.9. The van der Waals surface area contributed by atoms with Crippen LogP contribution in [0.4, 0.5) is 5.95 Å². The number of nitrogens with zero attached hydrogens (tertiary/aromatic N) is 3. The van der Waals surface area contributed by atoms with Gasteiger partial charge in [-0.15, -0.1) is 0 Å². The van der Waals surface area contributed by atoms with Gasteiger partial charge in [-0.3, -0.25) is 0 Å². The Labute approximate surface area is 163 Å². The Bertz CT molecular complexity index is 1020. The molecule has 0 bridgehead atoms. The van der Waals surface area contributed by atoms with E-state index < -0.39 is 0 Å². The van der Waals surface area contributed by atoms with Gasteiger partial charge in [-0.25, -0.2) is 15.4 Å². The molecule has 0 radical (unpaired) electrons. The van der Waals surface area contributed by atoms with E-state index in [9.17, 15) is 5.11 Å². The van der Waals surface area contributed by atoms with Gasteiger partial charge in [0.2, 0.25) is 5.95 Å². The van der Waals surface area contributed by atoms with Gasteiger partial charge >= 0.3 is 0 Å². The lowest BCUT2D eigenvalue weighted by atomic mass is 10.1. The van der Waals surface area contributed by atoms with Crippen molar-refractivity contribution in [1.29, 1.82) is 0 Å². The van der Waals surface area contributed by atoms with Crippen LogP contribution in [0.15, 0.2) is 96.1 Å². The van der Waals surface area contributed by atoms with Crippen molar-refractivity contribution in [3.63, 3.8) is 0 Å². The Hall–Kier alpha value is -3.99. The van der Waals surface area contributed by atoms with E-state index in [1.807, 2.05) is 66.7 Å². The molecule has 2 N–H and O–H groups in total. The first-order valence-electron chi connectivity index (χ1n) is 8.86. The molecule has 0 amide bonds. The van der Waals surface area contributed by atoms with Gasteiger partial charge in [0.15, 0.2) is 0 Å². The van der Waals surface area contributed by atoms with E-state index in [1.165, 1.54) is 0 Å². The zero-order valence-electron chi connectivity index (χ0n) is 15.0. The molecule has 136 valence electrons. The number of hydrazone groups is 1. The van der Waals surface area contributed by atoms with Gasteiger partial charge in [0.1, 0.15) is 5.75 Å². The Balaban J connectivity index is 1.66. The van der Waals surface area contributed by atoms with E-state index in [0.29, 0.717) is 5.95 Å². The molecule has 3 aromatic carbocycles.